The number of amides is 1. The summed E-state index contributed by atoms with van der Waals surface area (Å²) in [5.74, 6) is -0.109. The van der Waals surface area contributed by atoms with Crippen molar-refractivity contribution in [1.82, 2.24) is 5.32 Å². The topological polar surface area (TPSA) is 41.1 Å². The third-order valence-corrected chi connectivity index (χ3v) is 3.97. The summed E-state index contributed by atoms with van der Waals surface area (Å²) in [7, 11) is 1.60. The van der Waals surface area contributed by atoms with Crippen LogP contribution in [0.2, 0.25) is 15.1 Å². The molecule has 0 unspecified atom stereocenters. The summed E-state index contributed by atoms with van der Waals surface area (Å²) in [6.07, 6.45) is 0. The van der Waals surface area contributed by atoms with E-state index in [0.717, 1.165) is 5.56 Å². The minimum Gasteiger partial charge on any atom is -0.380 e. The molecule has 2 aromatic carbocycles. The van der Waals surface area contributed by atoms with E-state index in [1.807, 2.05) is 12.1 Å². The van der Waals surface area contributed by atoms with Crippen molar-refractivity contribution in [3.8, 4) is 0 Å². The van der Waals surface area contributed by atoms with Crippen molar-refractivity contribution < 1.29 is 4.79 Å². The summed E-state index contributed by atoms with van der Waals surface area (Å²) in [6, 6.07) is 10.6. The number of hydrogen-bond donors (Lipinski definition) is 2. The molecule has 2 rings (SSSR count). The molecule has 110 valence electrons. The van der Waals surface area contributed by atoms with E-state index in [9.17, 15) is 4.79 Å². The molecule has 0 heterocycles. The molecule has 0 saturated carbocycles. The largest absolute Gasteiger partial charge is 0.380 e. The lowest BCUT2D eigenvalue weighted by Gasteiger charge is -2.10. The summed E-state index contributed by atoms with van der Waals surface area (Å²) in [5, 5.41) is 7.13. The highest BCUT2D eigenvalue weighted by Gasteiger charge is 2.06. The predicted octanol–water partition coefficient (Wildman–Crippen LogP) is 4.62. The molecule has 0 atom stereocenters. The van der Waals surface area contributed by atoms with Gasteiger partial charge in [0.25, 0.3) is 5.91 Å². The molecule has 0 aliphatic heterocycles. The average molecular weight is 344 g/mol. The lowest BCUT2D eigenvalue weighted by molar-refractivity contribution is 0.0963. The number of nitrogens with one attached hydrogen (secondary N) is 2. The van der Waals surface area contributed by atoms with Gasteiger partial charge < -0.3 is 10.6 Å². The van der Waals surface area contributed by atoms with E-state index in [-0.39, 0.29) is 5.91 Å². The molecule has 0 fully saturated rings. The highest BCUT2D eigenvalue weighted by Crippen LogP contribution is 2.32. The van der Waals surface area contributed by atoms with E-state index < -0.39 is 0 Å². The van der Waals surface area contributed by atoms with E-state index in [1.54, 1.807) is 31.3 Å². The maximum Gasteiger partial charge on any atom is 0.251 e. The fourth-order valence-electron chi connectivity index (χ4n) is 1.77. The number of hydrogen-bond acceptors (Lipinski definition) is 2. The maximum absolute atomic E-state index is 11.4. The summed E-state index contributed by atoms with van der Waals surface area (Å²) in [5.41, 5.74) is 2.35. The van der Waals surface area contributed by atoms with E-state index in [1.165, 1.54) is 0 Å². The van der Waals surface area contributed by atoms with Gasteiger partial charge in [-0.1, -0.05) is 46.9 Å². The lowest BCUT2D eigenvalue weighted by atomic mass is 10.1. The minimum atomic E-state index is -0.109. The standard InChI is InChI=1S/C15H13Cl3N2O/c1-19-15(21)10-4-2-9(3-5-10)8-20-14-7-12(17)11(16)6-13(14)18/h2-7,20H,8H2,1H3,(H,19,21). The van der Waals surface area contributed by atoms with Crippen LogP contribution in [0.4, 0.5) is 5.69 Å². The van der Waals surface area contributed by atoms with Crippen LogP contribution in [0, 0.1) is 0 Å². The number of benzene rings is 2. The van der Waals surface area contributed by atoms with Crippen LogP contribution >= 0.6 is 34.8 Å². The van der Waals surface area contributed by atoms with Gasteiger partial charge in [-0.25, -0.2) is 0 Å². The first-order chi connectivity index (χ1) is 10.0. The molecule has 2 aromatic rings. The number of carbonyl (C=O) groups excluding carboxylic acids is 1. The minimum absolute atomic E-state index is 0.109. The summed E-state index contributed by atoms with van der Waals surface area (Å²) in [4.78, 5) is 11.4. The van der Waals surface area contributed by atoms with Gasteiger partial charge in [-0.05, 0) is 29.8 Å². The van der Waals surface area contributed by atoms with Gasteiger partial charge in [0, 0.05) is 19.2 Å². The third-order valence-electron chi connectivity index (χ3n) is 2.94. The van der Waals surface area contributed by atoms with E-state index in [4.69, 9.17) is 34.8 Å². The number of anilines is 1. The van der Waals surface area contributed by atoms with Gasteiger partial charge in [0.05, 0.1) is 20.8 Å². The average Bonchev–Trinajstić information content (AvgIpc) is 2.49. The Bertz CT molecular complexity index is 657. The SMILES string of the molecule is CNC(=O)c1ccc(CNc2cc(Cl)c(Cl)cc2Cl)cc1. The second-order valence-corrected chi connectivity index (χ2v) is 5.60. The van der Waals surface area contributed by atoms with Crippen LogP contribution in [-0.4, -0.2) is 13.0 Å². The molecule has 0 aliphatic carbocycles. The van der Waals surface area contributed by atoms with Crippen LogP contribution in [0.15, 0.2) is 36.4 Å². The Morgan fingerprint density at radius 1 is 1.00 bits per heavy atom. The molecule has 0 aliphatic rings. The first kappa shape index (κ1) is 16.0. The first-order valence-corrected chi connectivity index (χ1v) is 7.34. The monoisotopic (exact) mass is 342 g/mol. The Morgan fingerprint density at radius 3 is 2.24 bits per heavy atom. The van der Waals surface area contributed by atoms with Crippen molar-refractivity contribution in [2.75, 3.05) is 12.4 Å². The molecule has 1 amide bonds. The number of halogens is 3. The number of carbonyl (C=O) groups is 1. The van der Waals surface area contributed by atoms with Crippen molar-refractivity contribution in [2.45, 2.75) is 6.54 Å². The Balaban J connectivity index is 2.06. The zero-order valence-corrected chi connectivity index (χ0v) is 13.5. The molecular weight excluding hydrogens is 331 g/mol. The second-order valence-electron chi connectivity index (χ2n) is 4.38. The highest BCUT2D eigenvalue weighted by molar-refractivity contribution is 6.44. The van der Waals surface area contributed by atoms with Gasteiger partial charge in [-0.15, -0.1) is 0 Å². The van der Waals surface area contributed by atoms with E-state index in [0.29, 0.717) is 32.9 Å². The van der Waals surface area contributed by atoms with Gasteiger partial charge in [0.2, 0.25) is 0 Å². The molecule has 0 aromatic heterocycles. The van der Waals surface area contributed by atoms with Gasteiger partial charge in [-0.3, -0.25) is 4.79 Å². The van der Waals surface area contributed by atoms with Crippen molar-refractivity contribution in [3.63, 3.8) is 0 Å². The Labute approximate surface area is 138 Å². The summed E-state index contributed by atoms with van der Waals surface area (Å²) >= 11 is 17.9. The van der Waals surface area contributed by atoms with E-state index >= 15 is 0 Å². The molecule has 3 nitrogen and oxygen atoms in total. The molecular formula is C15H13Cl3N2O. The fraction of sp³-hybridized carbons (Fsp3) is 0.133. The highest BCUT2D eigenvalue weighted by atomic mass is 35.5. The normalized spacial score (nSPS) is 10.3. The van der Waals surface area contributed by atoms with Crippen molar-refractivity contribution >= 4 is 46.4 Å². The number of rotatable bonds is 4. The first-order valence-electron chi connectivity index (χ1n) is 6.20. The van der Waals surface area contributed by atoms with Gasteiger partial charge in [0.1, 0.15) is 0 Å². The van der Waals surface area contributed by atoms with Crippen molar-refractivity contribution in [1.29, 1.82) is 0 Å². The quantitative estimate of drug-likeness (QED) is 0.795. The Kier molecular flexibility index (Phi) is 5.34. The maximum atomic E-state index is 11.4. The van der Waals surface area contributed by atoms with Crippen LogP contribution in [-0.2, 0) is 6.54 Å². The van der Waals surface area contributed by atoms with Gasteiger partial charge >= 0.3 is 0 Å². The molecule has 0 saturated heterocycles. The lowest BCUT2D eigenvalue weighted by Crippen LogP contribution is -2.17. The molecule has 0 radical (unpaired) electrons. The van der Waals surface area contributed by atoms with Crippen LogP contribution in [0.3, 0.4) is 0 Å². The second kappa shape index (κ2) is 7.03. The van der Waals surface area contributed by atoms with Crippen molar-refractivity contribution in [2.24, 2.45) is 0 Å². The van der Waals surface area contributed by atoms with Gasteiger partial charge in [-0.2, -0.15) is 0 Å². The zero-order valence-electron chi connectivity index (χ0n) is 11.2. The van der Waals surface area contributed by atoms with Crippen LogP contribution in [0.25, 0.3) is 0 Å². The summed E-state index contributed by atoms with van der Waals surface area (Å²) in [6.45, 7) is 0.561. The van der Waals surface area contributed by atoms with Crippen LogP contribution in [0.1, 0.15) is 15.9 Å². The smallest absolute Gasteiger partial charge is 0.251 e. The van der Waals surface area contributed by atoms with E-state index in [2.05, 4.69) is 10.6 Å². The van der Waals surface area contributed by atoms with Crippen molar-refractivity contribution in [3.05, 3.63) is 62.6 Å². The molecule has 21 heavy (non-hydrogen) atoms. The molecule has 2 N–H and O–H groups in total. The summed E-state index contributed by atoms with van der Waals surface area (Å²) < 4.78 is 0. The van der Waals surface area contributed by atoms with Crippen LogP contribution < -0.4 is 10.6 Å². The van der Waals surface area contributed by atoms with Crippen LogP contribution in [0.5, 0.6) is 0 Å². The zero-order chi connectivity index (χ0) is 15.4. The third kappa shape index (κ3) is 4.03. The molecule has 0 bridgehead atoms. The molecule has 6 heteroatoms. The Morgan fingerprint density at radius 2 is 1.62 bits per heavy atom. The van der Waals surface area contributed by atoms with Gasteiger partial charge in [0.15, 0.2) is 0 Å². The molecule has 0 spiro atoms. The predicted molar refractivity (Wildman–Crippen MR) is 88.6 cm³/mol. The fourth-order valence-corrected chi connectivity index (χ4v) is 2.39. The Hall–Kier alpha value is -1.42.